The van der Waals surface area contributed by atoms with Crippen molar-refractivity contribution < 1.29 is 27.8 Å². The van der Waals surface area contributed by atoms with Crippen LogP contribution in [0.15, 0.2) is 48.8 Å². The molecule has 2 aromatic heterocycles. The molecule has 2 atom stereocenters. The quantitative estimate of drug-likeness (QED) is 0.316. The van der Waals surface area contributed by atoms with Crippen molar-refractivity contribution in [2.45, 2.75) is 70.9 Å². The van der Waals surface area contributed by atoms with E-state index in [0.29, 0.717) is 34.7 Å². The number of nitrogens with one attached hydrogen (secondary N) is 2. The predicted molar refractivity (Wildman–Crippen MR) is 149 cm³/mol. The van der Waals surface area contributed by atoms with E-state index in [1.165, 1.54) is 12.1 Å². The van der Waals surface area contributed by atoms with Gasteiger partial charge in [-0.3, -0.25) is 4.79 Å². The number of imidazole rings is 1. The lowest BCUT2D eigenvalue weighted by Gasteiger charge is -2.27. The molecule has 2 aromatic carbocycles. The van der Waals surface area contributed by atoms with Crippen molar-refractivity contribution in [1.29, 1.82) is 0 Å². The molecule has 2 aliphatic rings. The summed E-state index contributed by atoms with van der Waals surface area (Å²) in [6.07, 6.45) is 3.25. The molecule has 4 heterocycles. The summed E-state index contributed by atoms with van der Waals surface area (Å²) >= 11 is 0. The van der Waals surface area contributed by atoms with Gasteiger partial charge < -0.3 is 24.7 Å². The standard InChI is InChI=1S/C30H30F2N6O4/c1-29(2,3)42-28(40)37-30(4,5)26-33-13-16(14-34-26)15-9-10-18-20(11-15)38-21-12-19(24(38)35-18)36-25(39)17-7-6-8-22(23(17)21)41-27(31)32/h6-11,13-14,19,21,27H,12H2,1-5H3,(H,36,39)(H,37,40)/t19-,21-/m1/s1. The Morgan fingerprint density at radius 2 is 1.83 bits per heavy atom. The second-order valence-corrected chi connectivity index (χ2v) is 12.0. The van der Waals surface area contributed by atoms with Crippen LogP contribution in [0.3, 0.4) is 0 Å². The number of fused-ring (bicyclic) bond motifs is 9. The first kappa shape index (κ1) is 27.6. The molecule has 0 aliphatic carbocycles. The van der Waals surface area contributed by atoms with Crippen LogP contribution in [0.25, 0.3) is 22.2 Å². The van der Waals surface area contributed by atoms with Crippen molar-refractivity contribution in [3.8, 4) is 16.9 Å². The van der Waals surface area contributed by atoms with Gasteiger partial charge in [0.05, 0.1) is 28.7 Å². The Bertz CT molecular complexity index is 1710. The number of hydrogen-bond donors (Lipinski definition) is 2. The smallest absolute Gasteiger partial charge is 0.408 e. The number of carbonyl (C=O) groups excluding carboxylic acids is 2. The Morgan fingerprint density at radius 1 is 1.10 bits per heavy atom. The molecule has 4 aromatic rings. The van der Waals surface area contributed by atoms with Crippen molar-refractivity contribution in [2.75, 3.05) is 0 Å². The SMILES string of the molecule is CC(C)(C)OC(=O)NC(C)(C)c1ncc(-c2ccc3nc4n(c3c2)[C@@H]2C[C@H]4NC(=O)c3cccc(OC(F)F)c32)cn1. The summed E-state index contributed by atoms with van der Waals surface area (Å²) in [4.78, 5) is 39.1. The van der Waals surface area contributed by atoms with E-state index in [9.17, 15) is 18.4 Å². The maximum absolute atomic E-state index is 13.3. The molecule has 2 N–H and O–H groups in total. The van der Waals surface area contributed by atoms with Crippen molar-refractivity contribution in [2.24, 2.45) is 0 Å². The molecule has 0 saturated carbocycles. The number of nitrogens with zero attached hydrogens (tertiary/aromatic N) is 4. The summed E-state index contributed by atoms with van der Waals surface area (Å²) in [5.41, 5.74) is 2.22. The second kappa shape index (κ2) is 9.74. The van der Waals surface area contributed by atoms with Crippen LogP contribution in [0, 0.1) is 0 Å². The fourth-order valence-corrected chi connectivity index (χ4v) is 5.60. The van der Waals surface area contributed by atoms with Crippen LogP contribution >= 0.6 is 0 Å². The molecule has 2 amide bonds. The Kier molecular flexibility index (Phi) is 6.39. The van der Waals surface area contributed by atoms with Gasteiger partial charge in [0.2, 0.25) is 0 Å². The number of hydrogen-bond acceptors (Lipinski definition) is 7. The molecule has 0 spiro atoms. The molecule has 0 unspecified atom stereocenters. The molecule has 0 fully saturated rings. The van der Waals surface area contributed by atoms with E-state index < -0.39 is 29.9 Å². The molecule has 2 bridgehead atoms. The number of rotatable bonds is 5. The number of alkyl carbamates (subject to hydrolysis) is 1. The third-order valence-corrected chi connectivity index (χ3v) is 7.32. The lowest BCUT2D eigenvalue weighted by Crippen LogP contribution is -2.44. The first-order chi connectivity index (χ1) is 19.8. The van der Waals surface area contributed by atoms with Gasteiger partial charge in [0.25, 0.3) is 5.91 Å². The van der Waals surface area contributed by atoms with Gasteiger partial charge in [0.1, 0.15) is 17.2 Å². The minimum atomic E-state index is -3.03. The average Bonchev–Trinajstić information content (AvgIpc) is 3.39. The molecule has 12 heteroatoms. The van der Waals surface area contributed by atoms with E-state index in [4.69, 9.17) is 14.5 Å². The maximum atomic E-state index is 13.3. The van der Waals surface area contributed by atoms with Crippen LogP contribution < -0.4 is 15.4 Å². The van der Waals surface area contributed by atoms with Gasteiger partial charge in [-0.1, -0.05) is 12.1 Å². The van der Waals surface area contributed by atoms with Gasteiger partial charge in [-0.25, -0.2) is 19.7 Å². The highest BCUT2D eigenvalue weighted by atomic mass is 19.3. The number of alkyl halides is 2. The van der Waals surface area contributed by atoms with Crippen LogP contribution in [-0.2, 0) is 10.3 Å². The lowest BCUT2D eigenvalue weighted by atomic mass is 9.97. The van der Waals surface area contributed by atoms with E-state index >= 15 is 0 Å². The third kappa shape index (κ3) is 4.90. The highest BCUT2D eigenvalue weighted by Gasteiger charge is 2.42. The normalized spacial score (nSPS) is 17.9. The predicted octanol–water partition coefficient (Wildman–Crippen LogP) is 5.63. The highest BCUT2D eigenvalue weighted by Crippen LogP contribution is 2.47. The number of aromatic nitrogens is 4. The average molecular weight is 577 g/mol. The van der Waals surface area contributed by atoms with Gasteiger partial charge in [-0.2, -0.15) is 8.78 Å². The van der Waals surface area contributed by atoms with Gasteiger partial charge in [-0.05, 0) is 70.9 Å². The third-order valence-electron chi connectivity index (χ3n) is 7.32. The number of halogens is 2. The number of ether oxygens (including phenoxy) is 2. The Morgan fingerprint density at radius 3 is 2.52 bits per heavy atom. The van der Waals surface area contributed by atoms with Gasteiger partial charge in [0, 0.05) is 29.1 Å². The molecule has 2 aliphatic heterocycles. The topological polar surface area (TPSA) is 120 Å². The van der Waals surface area contributed by atoms with Crippen LogP contribution in [0.4, 0.5) is 13.6 Å². The minimum Gasteiger partial charge on any atom is -0.444 e. The zero-order valence-corrected chi connectivity index (χ0v) is 23.7. The monoisotopic (exact) mass is 576 g/mol. The number of carbonyl (C=O) groups is 2. The van der Waals surface area contributed by atoms with Crippen molar-refractivity contribution in [3.63, 3.8) is 0 Å². The molecule has 10 nitrogen and oxygen atoms in total. The van der Waals surface area contributed by atoms with Crippen LogP contribution in [0.5, 0.6) is 5.75 Å². The summed E-state index contributed by atoms with van der Waals surface area (Å²) in [6, 6.07) is 9.51. The molecule has 6 rings (SSSR count). The summed E-state index contributed by atoms with van der Waals surface area (Å²) in [5, 5.41) is 5.80. The fourth-order valence-electron chi connectivity index (χ4n) is 5.60. The summed E-state index contributed by atoms with van der Waals surface area (Å²) in [7, 11) is 0. The highest BCUT2D eigenvalue weighted by molar-refractivity contribution is 5.98. The van der Waals surface area contributed by atoms with E-state index in [1.807, 2.05) is 22.8 Å². The first-order valence-corrected chi connectivity index (χ1v) is 13.6. The summed E-state index contributed by atoms with van der Waals surface area (Å²) in [5.74, 6) is 0.685. The Hall–Kier alpha value is -4.61. The molecule has 0 radical (unpaired) electrons. The fraction of sp³-hybridized carbons (Fsp3) is 0.367. The number of benzene rings is 2. The molecular formula is C30H30F2N6O4. The Labute approximate surface area is 240 Å². The van der Waals surface area contributed by atoms with Gasteiger partial charge >= 0.3 is 12.7 Å². The minimum absolute atomic E-state index is 0.0271. The van der Waals surface area contributed by atoms with E-state index in [-0.39, 0.29) is 17.7 Å². The van der Waals surface area contributed by atoms with Gasteiger partial charge in [0.15, 0.2) is 5.82 Å². The zero-order valence-electron chi connectivity index (χ0n) is 23.7. The summed E-state index contributed by atoms with van der Waals surface area (Å²) in [6.45, 7) is 5.91. The van der Waals surface area contributed by atoms with Crippen LogP contribution in [-0.4, -0.2) is 43.7 Å². The zero-order chi connectivity index (χ0) is 30.0. The van der Waals surface area contributed by atoms with Crippen LogP contribution in [0.2, 0.25) is 0 Å². The van der Waals surface area contributed by atoms with E-state index in [0.717, 1.165) is 16.6 Å². The van der Waals surface area contributed by atoms with Crippen molar-refractivity contribution >= 4 is 23.0 Å². The lowest BCUT2D eigenvalue weighted by molar-refractivity contribution is -0.0507. The Balaban J connectivity index is 1.35. The molecule has 42 heavy (non-hydrogen) atoms. The number of amides is 2. The molecule has 218 valence electrons. The summed E-state index contributed by atoms with van der Waals surface area (Å²) < 4.78 is 38.8. The largest absolute Gasteiger partial charge is 0.444 e. The molecule has 0 saturated heterocycles. The molecular weight excluding hydrogens is 546 g/mol. The van der Waals surface area contributed by atoms with Crippen molar-refractivity contribution in [1.82, 2.24) is 30.2 Å². The van der Waals surface area contributed by atoms with Crippen molar-refractivity contribution in [3.05, 3.63) is 71.6 Å². The van der Waals surface area contributed by atoms with Crippen LogP contribution in [0.1, 0.15) is 80.7 Å². The first-order valence-electron chi connectivity index (χ1n) is 13.6. The maximum Gasteiger partial charge on any atom is 0.408 e. The van der Waals surface area contributed by atoms with E-state index in [1.54, 1.807) is 53.1 Å². The van der Waals surface area contributed by atoms with E-state index in [2.05, 4.69) is 20.6 Å². The second-order valence-electron chi connectivity index (χ2n) is 12.0. The van der Waals surface area contributed by atoms with Gasteiger partial charge in [-0.15, -0.1) is 0 Å².